The molecule has 30 heavy (non-hydrogen) atoms. The number of piperidine rings is 1. The molecule has 1 unspecified atom stereocenters. The third-order valence-electron chi connectivity index (χ3n) is 5.40. The molecule has 1 aliphatic heterocycles. The van der Waals surface area contributed by atoms with Crippen molar-refractivity contribution in [2.45, 2.75) is 30.6 Å². The van der Waals surface area contributed by atoms with Gasteiger partial charge in [-0.3, -0.25) is 9.20 Å². The van der Waals surface area contributed by atoms with Gasteiger partial charge in [-0.25, -0.2) is 8.42 Å². The molecule has 1 aliphatic rings. The van der Waals surface area contributed by atoms with Crippen LogP contribution in [0.3, 0.4) is 0 Å². The predicted octanol–water partition coefficient (Wildman–Crippen LogP) is 1.88. The second kappa shape index (κ2) is 8.93. The van der Waals surface area contributed by atoms with Gasteiger partial charge in [0, 0.05) is 32.3 Å². The molecule has 3 heterocycles. The number of aryl methyl sites for hydroxylation is 1. The van der Waals surface area contributed by atoms with Crippen molar-refractivity contribution in [1.82, 2.24) is 24.2 Å². The molecule has 1 atom stereocenters. The van der Waals surface area contributed by atoms with E-state index in [9.17, 15) is 13.2 Å². The molecule has 1 amide bonds. The third-order valence-corrected chi connectivity index (χ3v) is 7.28. The zero-order valence-electron chi connectivity index (χ0n) is 16.6. The smallest absolute Gasteiger partial charge is 0.243 e. The number of nitrogens with zero attached hydrogens (tertiary/aromatic N) is 4. The maximum absolute atomic E-state index is 12.8. The molecule has 2 aromatic heterocycles. The lowest BCUT2D eigenvalue weighted by Crippen LogP contribution is -2.45. The molecule has 158 valence electrons. The van der Waals surface area contributed by atoms with Gasteiger partial charge in [0.1, 0.15) is 5.82 Å². The van der Waals surface area contributed by atoms with Crippen LogP contribution in [0.25, 0.3) is 5.65 Å². The van der Waals surface area contributed by atoms with Gasteiger partial charge in [0.25, 0.3) is 0 Å². The molecule has 8 nitrogen and oxygen atoms in total. The van der Waals surface area contributed by atoms with E-state index in [0.29, 0.717) is 32.4 Å². The maximum atomic E-state index is 12.8. The minimum atomic E-state index is -3.57. The molecule has 0 aliphatic carbocycles. The summed E-state index contributed by atoms with van der Waals surface area (Å²) >= 11 is 0. The van der Waals surface area contributed by atoms with E-state index in [4.69, 9.17) is 0 Å². The van der Waals surface area contributed by atoms with E-state index >= 15 is 0 Å². The van der Waals surface area contributed by atoms with E-state index in [-0.39, 0.29) is 23.3 Å². The summed E-state index contributed by atoms with van der Waals surface area (Å²) in [5.74, 6) is 0.442. The average Bonchev–Trinajstić information content (AvgIpc) is 3.20. The van der Waals surface area contributed by atoms with E-state index in [1.165, 1.54) is 4.31 Å². The van der Waals surface area contributed by atoms with Crippen LogP contribution < -0.4 is 5.32 Å². The van der Waals surface area contributed by atoms with Crippen LogP contribution in [0.2, 0.25) is 0 Å². The lowest BCUT2D eigenvalue weighted by Gasteiger charge is -2.31. The molecular weight excluding hydrogens is 402 g/mol. The number of benzene rings is 1. The van der Waals surface area contributed by atoms with Gasteiger partial charge in [-0.15, -0.1) is 10.2 Å². The molecule has 1 saturated heterocycles. The number of fused-ring (bicyclic) bond motifs is 1. The molecule has 4 rings (SSSR count). The van der Waals surface area contributed by atoms with Crippen LogP contribution in [0.15, 0.2) is 59.6 Å². The standard InChI is InChI=1S/C21H25N5O3S/c27-21(22-13-6-12-20-24-23-19-11-4-5-15-26(19)20)17-8-7-14-25(16-17)30(28,29)18-9-2-1-3-10-18/h1-5,9-11,15,17H,6-8,12-14,16H2,(H,22,27). The number of rotatable bonds is 7. The lowest BCUT2D eigenvalue weighted by molar-refractivity contribution is -0.126. The number of nitrogens with one attached hydrogen (secondary N) is 1. The van der Waals surface area contributed by atoms with E-state index in [2.05, 4.69) is 15.5 Å². The first kappa shape index (κ1) is 20.5. The summed E-state index contributed by atoms with van der Waals surface area (Å²) in [5.41, 5.74) is 0.804. The van der Waals surface area contributed by atoms with E-state index in [1.807, 2.05) is 28.8 Å². The summed E-state index contributed by atoms with van der Waals surface area (Å²) in [6.07, 6.45) is 4.73. The van der Waals surface area contributed by atoms with Crippen LogP contribution in [0.4, 0.5) is 0 Å². The average molecular weight is 428 g/mol. The van der Waals surface area contributed by atoms with Crippen LogP contribution in [-0.2, 0) is 21.2 Å². The summed E-state index contributed by atoms with van der Waals surface area (Å²) < 4.78 is 29.0. The van der Waals surface area contributed by atoms with E-state index in [1.54, 1.807) is 30.3 Å². The van der Waals surface area contributed by atoms with Gasteiger partial charge in [0.05, 0.1) is 10.8 Å². The van der Waals surface area contributed by atoms with Crippen LogP contribution in [0.5, 0.6) is 0 Å². The molecular formula is C21H25N5O3S. The monoisotopic (exact) mass is 427 g/mol. The van der Waals surface area contributed by atoms with Crippen LogP contribution >= 0.6 is 0 Å². The number of sulfonamides is 1. The normalized spacial score (nSPS) is 17.8. The van der Waals surface area contributed by atoms with Crippen molar-refractivity contribution >= 4 is 21.6 Å². The van der Waals surface area contributed by atoms with E-state index in [0.717, 1.165) is 17.9 Å². The van der Waals surface area contributed by atoms with Crippen LogP contribution in [0, 0.1) is 5.92 Å². The zero-order valence-corrected chi connectivity index (χ0v) is 17.5. The van der Waals surface area contributed by atoms with Gasteiger partial charge in [0.15, 0.2) is 5.65 Å². The molecule has 0 spiro atoms. The molecule has 9 heteroatoms. The van der Waals surface area contributed by atoms with Crippen molar-refractivity contribution in [3.8, 4) is 0 Å². The predicted molar refractivity (Wildman–Crippen MR) is 112 cm³/mol. The maximum Gasteiger partial charge on any atom is 0.243 e. The zero-order chi connectivity index (χ0) is 21.0. The molecule has 1 N–H and O–H groups in total. The first-order valence-corrected chi connectivity index (χ1v) is 11.6. The number of hydrogen-bond donors (Lipinski definition) is 1. The fourth-order valence-corrected chi connectivity index (χ4v) is 5.32. The summed E-state index contributed by atoms with van der Waals surface area (Å²) in [4.78, 5) is 12.9. The first-order chi connectivity index (χ1) is 14.6. The lowest BCUT2D eigenvalue weighted by atomic mass is 9.99. The number of aromatic nitrogens is 3. The minimum absolute atomic E-state index is 0.0888. The topological polar surface area (TPSA) is 96.7 Å². The number of carbonyl (C=O) groups excluding carboxylic acids is 1. The summed E-state index contributed by atoms with van der Waals surface area (Å²) in [6, 6.07) is 14.1. The largest absolute Gasteiger partial charge is 0.356 e. The fourth-order valence-electron chi connectivity index (χ4n) is 3.78. The van der Waals surface area contributed by atoms with Gasteiger partial charge in [-0.05, 0) is 43.5 Å². The fraction of sp³-hybridized carbons (Fsp3) is 0.381. The Morgan fingerprint density at radius 2 is 1.90 bits per heavy atom. The number of hydrogen-bond acceptors (Lipinski definition) is 5. The molecule has 0 saturated carbocycles. The molecule has 1 fully saturated rings. The minimum Gasteiger partial charge on any atom is -0.356 e. The Labute approximate surface area is 176 Å². The molecule has 1 aromatic carbocycles. The third kappa shape index (κ3) is 4.36. The quantitative estimate of drug-likeness (QED) is 0.581. The van der Waals surface area contributed by atoms with Gasteiger partial charge in [-0.1, -0.05) is 24.3 Å². The van der Waals surface area contributed by atoms with Crippen LogP contribution in [0.1, 0.15) is 25.1 Å². The van der Waals surface area contributed by atoms with Crippen molar-refractivity contribution in [3.05, 3.63) is 60.6 Å². The van der Waals surface area contributed by atoms with Gasteiger partial charge >= 0.3 is 0 Å². The van der Waals surface area contributed by atoms with Gasteiger partial charge < -0.3 is 5.32 Å². The highest BCUT2D eigenvalue weighted by Gasteiger charge is 2.33. The second-order valence-corrected chi connectivity index (χ2v) is 9.39. The second-order valence-electron chi connectivity index (χ2n) is 7.45. The molecule has 3 aromatic rings. The molecule has 0 bridgehead atoms. The number of amides is 1. The summed E-state index contributed by atoms with van der Waals surface area (Å²) in [5, 5.41) is 11.3. The highest BCUT2D eigenvalue weighted by Crippen LogP contribution is 2.23. The van der Waals surface area contributed by atoms with E-state index < -0.39 is 10.0 Å². The van der Waals surface area contributed by atoms with Crippen molar-refractivity contribution in [1.29, 1.82) is 0 Å². The van der Waals surface area contributed by atoms with Crippen molar-refractivity contribution in [2.24, 2.45) is 5.92 Å². The SMILES string of the molecule is O=C(NCCCc1nnc2ccccn12)C1CCCN(S(=O)(=O)c2ccccc2)C1. The Balaban J connectivity index is 1.29. The Kier molecular flexibility index (Phi) is 6.10. The summed E-state index contributed by atoms with van der Waals surface area (Å²) in [7, 11) is -3.57. The molecule has 0 radical (unpaired) electrons. The first-order valence-electron chi connectivity index (χ1n) is 10.2. The van der Waals surface area contributed by atoms with Gasteiger partial charge in [0.2, 0.25) is 15.9 Å². The number of pyridine rings is 1. The Hall–Kier alpha value is -2.78. The van der Waals surface area contributed by atoms with Crippen molar-refractivity contribution in [2.75, 3.05) is 19.6 Å². The summed E-state index contributed by atoms with van der Waals surface area (Å²) in [6.45, 7) is 1.18. The van der Waals surface area contributed by atoms with Crippen molar-refractivity contribution in [3.63, 3.8) is 0 Å². The highest BCUT2D eigenvalue weighted by atomic mass is 32.2. The van der Waals surface area contributed by atoms with Gasteiger partial charge in [-0.2, -0.15) is 4.31 Å². The van der Waals surface area contributed by atoms with Crippen LogP contribution in [-0.4, -0.2) is 52.9 Å². The van der Waals surface area contributed by atoms with Crippen molar-refractivity contribution < 1.29 is 13.2 Å². The Morgan fingerprint density at radius 3 is 2.73 bits per heavy atom. The Bertz CT molecular complexity index is 1110. The number of carbonyl (C=O) groups is 1. The highest BCUT2D eigenvalue weighted by molar-refractivity contribution is 7.89. The Morgan fingerprint density at radius 1 is 1.10 bits per heavy atom.